The Morgan fingerprint density at radius 3 is 3.12 bits per heavy atom. The SMILES string of the molecule is Nc1c(NCC2CCCC(N)C2)nc[nH]c1=O. The van der Waals surface area contributed by atoms with Gasteiger partial charge in [-0.25, -0.2) is 4.98 Å². The first-order chi connectivity index (χ1) is 8.16. The zero-order valence-electron chi connectivity index (χ0n) is 9.78. The number of hydrogen-bond donors (Lipinski definition) is 4. The number of nitrogens with one attached hydrogen (secondary N) is 2. The first kappa shape index (κ1) is 11.9. The van der Waals surface area contributed by atoms with Gasteiger partial charge in [-0.15, -0.1) is 0 Å². The second-order valence-electron chi connectivity index (χ2n) is 4.67. The van der Waals surface area contributed by atoms with Gasteiger partial charge in [0.25, 0.3) is 5.56 Å². The van der Waals surface area contributed by atoms with Crippen LogP contribution in [0.3, 0.4) is 0 Å². The Kier molecular flexibility index (Phi) is 3.63. The van der Waals surface area contributed by atoms with Crippen molar-refractivity contribution in [2.75, 3.05) is 17.6 Å². The second kappa shape index (κ2) is 5.18. The minimum Gasteiger partial charge on any atom is -0.391 e. The van der Waals surface area contributed by atoms with Crippen LogP contribution in [0.1, 0.15) is 25.7 Å². The molecule has 6 nitrogen and oxygen atoms in total. The number of aromatic amines is 1. The Morgan fingerprint density at radius 1 is 1.53 bits per heavy atom. The Balaban J connectivity index is 1.93. The molecule has 0 aromatic carbocycles. The number of nitrogens with two attached hydrogens (primary N) is 2. The van der Waals surface area contributed by atoms with Gasteiger partial charge in [-0.05, 0) is 25.2 Å². The molecule has 2 atom stereocenters. The number of H-pyrrole nitrogens is 1. The highest BCUT2D eigenvalue weighted by Crippen LogP contribution is 2.23. The minimum absolute atomic E-state index is 0.146. The summed E-state index contributed by atoms with van der Waals surface area (Å²) in [6.07, 6.45) is 5.83. The highest BCUT2D eigenvalue weighted by molar-refractivity contribution is 5.58. The highest BCUT2D eigenvalue weighted by Gasteiger charge is 2.19. The number of nitrogens with zero attached hydrogens (tertiary/aromatic N) is 1. The van der Waals surface area contributed by atoms with Crippen LogP contribution >= 0.6 is 0 Å². The molecule has 1 aliphatic carbocycles. The maximum atomic E-state index is 11.3. The van der Waals surface area contributed by atoms with Crippen LogP contribution in [0.2, 0.25) is 0 Å². The van der Waals surface area contributed by atoms with Crippen molar-refractivity contribution >= 4 is 11.5 Å². The molecule has 0 aliphatic heterocycles. The van der Waals surface area contributed by atoms with E-state index in [2.05, 4.69) is 15.3 Å². The average Bonchev–Trinajstić information content (AvgIpc) is 2.31. The van der Waals surface area contributed by atoms with Crippen LogP contribution in [-0.4, -0.2) is 22.6 Å². The van der Waals surface area contributed by atoms with Crippen molar-refractivity contribution in [1.29, 1.82) is 0 Å². The summed E-state index contributed by atoms with van der Waals surface area (Å²) in [5.41, 5.74) is 11.4. The summed E-state index contributed by atoms with van der Waals surface area (Å²) in [5.74, 6) is 1.01. The molecule has 1 aliphatic rings. The van der Waals surface area contributed by atoms with Crippen molar-refractivity contribution in [2.45, 2.75) is 31.7 Å². The molecule has 1 heterocycles. The molecular formula is C11H19N5O. The van der Waals surface area contributed by atoms with Gasteiger partial charge in [0.1, 0.15) is 5.69 Å². The average molecular weight is 237 g/mol. The molecule has 6 N–H and O–H groups in total. The van der Waals surface area contributed by atoms with E-state index in [0.29, 0.717) is 17.8 Å². The number of anilines is 2. The molecule has 0 spiro atoms. The van der Waals surface area contributed by atoms with E-state index in [1.807, 2.05) is 0 Å². The van der Waals surface area contributed by atoms with Crippen LogP contribution in [0.4, 0.5) is 11.5 Å². The fourth-order valence-corrected chi connectivity index (χ4v) is 2.31. The molecule has 1 fully saturated rings. The van der Waals surface area contributed by atoms with Crippen molar-refractivity contribution in [3.8, 4) is 0 Å². The molecule has 1 aromatic rings. The smallest absolute Gasteiger partial charge is 0.276 e. The normalized spacial score (nSPS) is 24.5. The van der Waals surface area contributed by atoms with Crippen molar-refractivity contribution in [3.05, 3.63) is 16.7 Å². The molecule has 1 saturated carbocycles. The molecule has 94 valence electrons. The van der Waals surface area contributed by atoms with Crippen LogP contribution < -0.4 is 22.3 Å². The van der Waals surface area contributed by atoms with Gasteiger partial charge in [0.2, 0.25) is 0 Å². The summed E-state index contributed by atoms with van der Waals surface area (Å²) in [7, 11) is 0. The van der Waals surface area contributed by atoms with E-state index < -0.39 is 0 Å². The topological polar surface area (TPSA) is 110 Å². The number of nitrogen functional groups attached to an aromatic ring is 1. The molecule has 2 rings (SSSR count). The quantitative estimate of drug-likeness (QED) is 0.603. The monoisotopic (exact) mass is 237 g/mol. The lowest BCUT2D eigenvalue weighted by atomic mass is 9.86. The van der Waals surface area contributed by atoms with E-state index in [1.54, 1.807) is 0 Å². The van der Waals surface area contributed by atoms with Gasteiger partial charge in [0.15, 0.2) is 5.82 Å². The van der Waals surface area contributed by atoms with Gasteiger partial charge in [0.05, 0.1) is 6.33 Å². The molecule has 17 heavy (non-hydrogen) atoms. The largest absolute Gasteiger partial charge is 0.391 e. The molecule has 0 amide bonds. The predicted molar refractivity (Wildman–Crippen MR) is 67.7 cm³/mol. The molecular weight excluding hydrogens is 218 g/mol. The predicted octanol–water partition coefficient (Wildman–Crippen LogP) is 0.281. The number of hydrogen-bond acceptors (Lipinski definition) is 5. The third-order valence-corrected chi connectivity index (χ3v) is 3.27. The molecule has 0 bridgehead atoms. The number of aromatic nitrogens is 2. The van der Waals surface area contributed by atoms with Crippen LogP contribution in [0.5, 0.6) is 0 Å². The van der Waals surface area contributed by atoms with Gasteiger partial charge in [-0.3, -0.25) is 4.79 Å². The molecule has 0 radical (unpaired) electrons. The van der Waals surface area contributed by atoms with Crippen molar-refractivity contribution in [2.24, 2.45) is 11.7 Å². The maximum absolute atomic E-state index is 11.3. The van der Waals surface area contributed by atoms with E-state index >= 15 is 0 Å². The fourth-order valence-electron chi connectivity index (χ4n) is 2.31. The highest BCUT2D eigenvalue weighted by atomic mass is 16.1. The second-order valence-corrected chi connectivity index (χ2v) is 4.67. The lowest BCUT2D eigenvalue weighted by Gasteiger charge is -2.26. The van der Waals surface area contributed by atoms with Crippen LogP contribution in [0, 0.1) is 5.92 Å². The Morgan fingerprint density at radius 2 is 2.35 bits per heavy atom. The number of rotatable bonds is 3. The van der Waals surface area contributed by atoms with Gasteiger partial charge in [-0.1, -0.05) is 6.42 Å². The van der Waals surface area contributed by atoms with Crippen LogP contribution in [-0.2, 0) is 0 Å². The maximum Gasteiger partial charge on any atom is 0.276 e. The van der Waals surface area contributed by atoms with E-state index in [9.17, 15) is 4.79 Å². The van der Waals surface area contributed by atoms with Gasteiger partial charge in [0, 0.05) is 12.6 Å². The summed E-state index contributed by atoms with van der Waals surface area (Å²) < 4.78 is 0. The lowest BCUT2D eigenvalue weighted by Crippen LogP contribution is -2.31. The van der Waals surface area contributed by atoms with Gasteiger partial charge < -0.3 is 21.8 Å². The Labute approximate surface area is 99.8 Å². The summed E-state index contributed by atoms with van der Waals surface area (Å²) >= 11 is 0. The van der Waals surface area contributed by atoms with Crippen molar-refractivity contribution < 1.29 is 0 Å². The summed E-state index contributed by atoms with van der Waals surface area (Å²) in [6, 6.07) is 0.306. The summed E-state index contributed by atoms with van der Waals surface area (Å²) in [5, 5.41) is 3.13. The third-order valence-electron chi connectivity index (χ3n) is 3.27. The minimum atomic E-state index is -0.303. The zero-order chi connectivity index (χ0) is 12.3. The molecule has 1 aromatic heterocycles. The van der Waals surface area contributed by atoms with E-state index in [0.717, 1.165) is 19.4 Å². The van der Waals surface area contributed by atoms with Crippen molar-refractivity contribution in [1.82, 2.24) is 9.97 Å². The Hall–Kier alpha value is -1.56. The zero-order valence-corrected chi connectivity index (χ0v) is 9.78. The van der Waals surface area contributed by atoms with Crippen molar-refractivity contribution in [3.63, 3.8) is 0 Å². The first-order valence-corrected chi connectivity index (χ1v) is 5.99. The van der Waals surface area contributed by atoms with E-state index in [-0.39, 0.29) is 11.2 Å². The molecule has 0 saturated heterocycles. The summed E-state index contributed by atoms with van der Waals surface area (Å²) in [6.45, 7) is 0.772. The summed E-state index contributed by atoms with van der Waals surface area (Å²) in [4.78, 5) is 17.7. The van der Waals surface area contributed by atoms with Gasteiger partial charge in [-0.2, -0.15) is 0 Å². The van der Waals surface area contributed by atoms with Gasteiger partial charge >= 0.3 is 0 Å². The third kappa shape index (κ3) is 2.97. The molecule has 6 heteroatoms. The Bertz CT molecular complexity index is 430. The molecule has 2 unspecified atom stereocenters. The fraction of sp³-hybridized carbons (Fsp3) is 0.636. The van der Waals surface area contributed by atoms with Crippen LogP contribution in [0.15, 0.2) is 11.1 Å². The first-order valence-electron chi connectivity index (χ1n) is 5.99. The van der Waals surface area contributed by atoms with E-state index in [4.69, 9.17) is 11.5 Å². The van der Waals surface area contributed by atoms with Crippen LogP contribution in [0.25, 0.3) is 0 Å². The standard InChI is InChI=1S/C11H19N5O/c12-8-3-1-2-7(4-8)5-14-10-9(13)11(17)16-6-15-10/h6-8H,1-5,12-13H2,(H2,14,15,16,17). The van der Waals surface area contributed by atoms with E-state index in [1.165, 1.54) is 19.2 Å². The lowest BCUT2D eigenvalue weighted by molar-refractivity contribution is 0.335.